The molecular formula is C54H33NO2S. The molecule has 0 unspecified atom stereocenters. The second kappa shape index (κ2) is 13.1. The summed E-state index contributed by atoms with van der Waals surface area (Å²) in [7, 11) is 0. The lowest BCUT2D eigenvalue weighted by Gasteiger charge is -2.26. The van der Waals surface area contributed by atoms with Crippen molar-refractivity contribution in [2.75, 3.05) is 4.90 Å². The summed E-state index contributed by atoms with van der Waals surface area (Å²) in [6, 6.07) is 71.4. The average molecular weight is 760 g/mol. The van der Waals surface area contributed by atoms with E-state index >= 15 is 0 Å². The van der Waals surface area contributed by atoms with Gasteiger partial charge in [0.25, 0.3) is 0 Å². The van der Waals surface area contributed by atoms with Gasteiger partial charge in [-0.3, -0.25) is 0 Å². The molecule has 0 amide bonds. The number of hydrogen-bond donors (Lipinski definition) is 0. The van der Waals surface area contributed by atoms with E-state index in [0.717, 1.165) is 83.2 Å². The van der Waals surface area contributed by atoms with Gasteiger partial charge >= 0.3 is 0 Å². The zero-order valence-corrected chi connectivity index (χ0v) is 32.0. The van der Waals surface area contributed by atoms with Crippen LogP contribution in [0, 0.1) is 0 Å². The van der Waals surface area contributed by atoms with Gasteiger partial charge in [-0.15, -0.1) is 11.3 Å². The molecule has 3 heterocycles. The molecule has 4 heteroatoms. The Bertz CT molecular complexity index is 3500. The lowest BCUT2D eigenvalue weighted by molar-refractivity contribution is 0.669. The SMILES string of the molecule is c1ccc(-c2cccc3c2oc2ccc(-c4ccc(N(c5ccc6c(c5)sc5c(-c7ccccc7)cccc56)c5ccc6oc7ccccc7c6c5)cc4)cc23)cc1. The van der Waals surface area contributed by atoms with Crippen molar-refractivity contribution in [2.24, 2.45) is 0 Å². The highest BCUT2D eigenvalue weighted by Crippen LogP contribution is 2.45. The first-order valence-corrected chi connectivity index (χ1v) is 20.4. The molecule has 0 atom stereocenters. The van der Waals surface area contributed by atoms with Crippen LogP contribution < -0.4 is 4.90 Å². The standard InChI is InChI=1S/C54H33NO2S/c1-3-11-35(12-4-1)41-16-9-18-45-47-31-37(23-29-51(47)57-53(41)45)34-21-24-38(25-22-34)55(39-27-30-50-48(32-39)43-15-7-8-20-49(43)56-50)40-26-28-44-46-19-10-17-42(36-13-5-2-6-14-36)54(46)58-52(44)33-40/h1-33H. The van der Waals surface area contributed by atoms with Gasteiger partial charge in [0.15, 0.2) is 0 Å². The van der Waals surface area contributed by atoms with Crippen molar-refractivity contribution in [1.29, 1.82) is 0 Å². The highest BCUT2D eigenvalue weighted by molar-refractivity contribution is 7.26. The van der Waals surface area contributed by atoms with Gasteiger partial charge in [0, 0.05) is 64.3 Å². The highest BCUT2D eigenvalue weighted by atomic mass is 32.1. The van der Waals surface area contributed by atoms with Crippen LogP contribution in [0.15, 0.2) is 209 Å². The molecule has 0 aliphatic rings. The van der Waals surface area contributed by atoms with Gasteiger partial charge in [0.05, 0.1) is 0 Å². The van der Waals surface area contributed by atoms with Gasteiger partial charge in [-0.25, -0.2) is 0 Å². The molecule has 0 saturated heterocycles. The van der Waals surface area contributed by atoms with E-state index < -0.39 is 0 Å². The zero-order chi connectivity index (χ0) is 38.2. The third-order valence-corrected chi connectivity index (χ3v) is 12.7. The fraction of sp³-hybridized carbons (Fsp3) is 0. The minimum Gasteiger partial charge on any atom is -0.456 e. The van der Waals surface area contributed by atoms with E-state index in [-0.39, 0.29) is 0 Å². The molecule has 3 aromatic heterocycles. The molecule has 0 N–H and O–H groups in total. The Morgan fingerprint density at radius 3 is 1.74 bits per heavy atom. The minimum absolute atomic E-state index is 0.881. The fourth-order valence-corrected chi connectivity index (χ4v) is 9.97. The number of rotatable bonds is 6. The first-order valence-electron chi connectivity index (χ1n) is 19.6. The van der Waals surface area contributed by atoms with Gasteiger partial charge in [0.1, 0.15) is 22.3 Å². The van der Waals surface area contributed by atoms with Crippen LogP contribution in [0.25, 0.3) is 97.4 Å². The van der Waals surface area contributed by atoms with Crippen molar-refractivity contribution in [3.8, 4) is 33.4 Å². The Balaban J connectivity index is 0.983. The first kappa shape index (κ1) is 32.8. The van der Waals surface area contributed by atoms with Crippen LogP contribution in [0.2, 0.25) is 0 Å². The summed E-state index contributed by atoms with van der Waals surface area (Å²) in [6.45, 7) is 0. The lowest BCUT2D eigenvalue weighted by atomic mass is 10.00. The van der Waals surface area contributed by atoms with Gasteiger partial charge in [-0.1, -0.05) is 140 Å². The maximum absolute atomic E-state index is 6.50. The van der Waals surface area contributed by atoms with E-state index in [2.05, 4.69) is 187 Å². The summed E-state index contributed by atoms with van der Waals surface area (Å²) in [5.74, 6) is 0. The number of benzene rings is 9. The molecule has 0 fully saturated rings. The van der Waals surface area contributed by atoms with Crippen LogP contribution in [-0.4, -0.2) is 0 Å². The Labute approximate surface area is 338 Å². The molecule has 12 rings (SSSR count). The predicted molar refractivity (Wildman–Crippen MR) is 245 cm³/mol. The number of furan rings is 2. The molecule has 0 aliphatic heterocycles. The maximum atomic E-state index is 6.50. The van der Waals surface area contributed by atoms with Gasteiger partial charge < -0.3 is 13.7 Å². The smallest absolute Gasteiger partial charge is 0.143 e. The van der Waals surface area contributed by atoms with Gasteiger partial charge in [-0.05, 0) is 88.5 Å². The van der Waals surface area contributed by atoms with Crippen LogP contribution in [0.1, 0.15) is 0 Å². The van der Waals surface area contributed by atoms with Crippen LogP contribution >= 0.6 is 11.3 Å². The maximum Gasteiger partial charge on any atom is 0.143 e. The molecule has 12 aromatic rings. The summed E-state index contributed by atoms with van der Waals surface area (Å²) >= 11 is 1.86. The molecule has 272 valence electrons. The Morgan fingerprint density at radius 2 is 0.914 bits per heavy atom. The summed E-state index contributed by atoms with van der Waals surface area (Å²) in [5.41, 5.74) is 13.9. The van der Waals surface area contributed by atoms with Crippen LogP contribution in [0.3, 0.4) is 0 Å². The van der Waals surface area contributed by atoms with Crippen molar-refractivity contribution in [3.63, 3.8) is 0 Å². The van der Waals surface area contributed by atoms with E-state index in [1.165, 1.54) is 31.3 Å². The molecule has 9 aromatic carbocycles. The number of fused-ring (bicyclic) bond motifs is 9. The molecule has 58 heavy (non-hydrogen) atoms. The minimum atomic E-state index is 0.881. The van der Waals surface area contributed by atoms with E-state index in [0.29, 0.717) is 0 Å². The van der Waals surface area contributed by atoms with Crippen LogP contribution in [0.4, 0.5) is 17.1 Å². The average Bonchev–Trinajstić information content (AvgIpc) is 3.98. The monoisotopic (exact) mass is 759 g/mol. The second-order valence-corrected chi connectivity index (χ2v) is 15.9. The van der Waals surface area contributed by atoms with Gasteiger partial charge in [-0.2, -0.15) is 0 Å². The zero-order valence-electron chi connectivity index (χ0n) is 31.2. The van der Waals surface area contributed by atoms with Crippen LogP contribution in [0.5, 0.6) is 0 Å². The molecule has 3 nitrogen and oxygen atoms in total. The molecular weight excluding hydrogens is 727 g/mol. The van der Waals surface area contributed by atoms with E-state index in [1.807, 2.05) is 29.5 Å². The summed E-state index contributed by atoms with van der Waals surface area (Å²) in [5, 5.41) is 7.00. The van der Waals surface area contributed by atoms with E-state index in [9.17, 15) is 0 Å². The third kappa shape index (κ3) is 5.27. The first-order chi connectivity index (χ1) is 28.7. The normalized spacial score (nSPS) is 11.8. The van der Waals surface area contributed by atoms with Crippen molar-refractivity contribution < 1.29 is 8.83 Å². The summed E-state index contributed by atoms with van der Waals surface area (Å²) < 4.78 is 15.3. The number of anilines is 3. The third-order valence-electron chi connectivity index (χ3n) is 11.5. The quantitative estimate of drug-likeness (QED) is 0.169. The second-order valence-electron chi connectivity index (χ2n) is 14.9. The topological polar surface area (TPSA) is 29.5 Å². The van der Waals surface area contributed by atoms with Crippen LogP contribution in [-0.2, 0) is 0 Å². The molecule has 0 radical (unpaired) electrons. The molecule has 0 spiro atoms. The number of nitrogens with zero attached hydrogens (tertiary/aromatic N) is 1. The van der Waals surface area contributed by atoms with E-state index in [4.69, 9.17) is 8.83 Å². The van der Waals surface area contributed by atoms with Crippen molar-refractivity contribution >= 4 is 92.4 Å². The van der Waals surface area contributed by atoms with Crippen molar-refractivity contribution in [3.05, 3.63) is 200 Å². The van der Waals surface area contributed by atoms with Crippen molar-refractivity contribution in [2.45, 2.75) is 0 Å². The molecule has 0 saturated carbocycles. The number of thiophene rings is 1. The summed E-state index contributed by atoms with van der Waals surface area (Å²) in [4.78, 5) is 2.37. The predicted octanol–water partition coefficient (Wildman–Crippen LogP) is 16.3. The Hall–Kier alpha value is -7.40. The van der Waals surface area contributed by atoms with E-state index in [1.54, 1.807) is 0 Å². The lowest BCUT2D eigenvalue weighted by Crippen LogP contribution is -2.09. The Kier molecular flexibility index (Phi) is 7.40. The summed E-state index contributed by atoms with van der Waals surface area (Å²) in [6.07, 6.45) is 0. The fourth-order valence-electron chi connectivity index (χ4n) is 8.70. The molecule has 0 aliphatic carbocycles. The number of hydrogen-bond acceptors (Lipinski definition) is 4. The molecule has 0 bridgehead atoms. The Morgan fingerprint density at radius 1 is 0.328 bits per heavy atom. The highest BCUT2D eigenvalue weighted by Gasteiger charge is 2.19. The van der Waals surface area contributed by atoms with Gasteiger partial charge in [0.2, 0.25) is 0 Å². The van der Waals surface area contributed by atoms with Crippen molar-refractivity contribution in [1.82, 2.24) is 0 Å². The largest absolute Gasteiger partial charge is 0.456 e. The number of para-hydroxylation sites is 2.